The lowest BCUT2D eigenvalue weighted by atomic mass is 9.47. The fourth-order valence-electron chi connectivity index (χ4n) is 8.68. The molecule has 0 unspecified atom stereocenters. The summed E-state index contributed by atoms with van der Waals surface area (Å²) in [5.74, 6) is 2.51. The minimum absolute atomic E-state index is 0.219. The fraction of sp³-hybridized carbons (Fsp3) is 0.704. The van der Waals surface area contributed by atoms with Gasteiger partial charge < -0.3 is 9.80 Å². The lowest BCUT2D eigenvalue weighted by Gasteiger charge is -2.62. The normalized spacial score (nSPS) is 41.8. The Hall–Kier alpha value is -1.84. The molecule has 4 nitrogen and oxygen atoms in total. The van der Waals surface area contributed by atoms with Crippen molar-refractivity contribution in [2.24, 2.45) is 28.6 Å². The Morgan fingerprint density at radius 3 is 2.48 bits per heavy atom. The average Bonchev–Trinajstić information content (AvgIpc) is 3.13. The molecule has 1 aliphatic heterocycles. The van der Waals surface area contributed by atoms with Crippen molar-refractivity contribution in [3.63, 3.8) is 0 Å². The van der Waals surface area contributed by atoms with Crippen molar-refractivity contribution in [3.05, 3.63) is 35.9 Å². The fourth-order valence-corrected chi connectivity index (χ4v) is 8.68. The van der Waals surface area contributed by atoms with Gasteiger partial charge in [0.25, 0.3) is 0 Å². The van der Waals surface area contributed by atoms with Crippen LogP contribution < -0.4 is 0 Å². The van der Waals surface area contributed by atoms with Gasteiger partial charge in [-0.05, 0) is 79.1 Å². The van der Waals surface area contributed by atoms with Crippen molar-refractivity contribution in [2.75, 3.05) is 7.05 Å². The van der Waals surface area contributed by atoms with Crippen LogP contribution in [0.1, 0.15) is 70.8 Å². The van der Waals surface area contributed by atoms with Crippen molar-refractivity contribution >= 4 is 12.3 Å². The van der Waals surface area contributed by atoms with Gasteiger partial charge in [-0.25, -0.2) is 0 Å². The van der Waals surface area contributed by atoms with Gasteiger partial charge in [-0.3, -0.25) is 9.59 Å². The predicted octanol–water partition coefficient (Wildman–Crippen LogP) is 4.88. The zero-order chi connectivity index (χ0) is 21.8. The van der Waals surface area contributed by atoms with Crippen LogP contribution in [0.15, 0.2) is 30.3 Å². The molecule has 3 saturated carbocycles. The third-order valence-electron chi connectivity index (χ3n) is 10.3. The average molecular weight is 423 g/mol. The van der Waals surface area contributed by atoms with E-state index in [0.29, 0.717) is 30.3 Å². The van der Waals surface area contributed by atoms with E-state index >= 15 is 0 Å². The SMILES string of the molecule is CN1C(=O)CC[C@]2(C)[C@H]3CC[C@]4(C)[C@@H](N(C=O)Cc5ccccc5)CC[C@H]4[C@@H]3CC[C@@H]12. The lowest BCUT2D eigenvalue weighted by Crippen LogP contribution is -2.62. The molecular weight excluding hydrogens is 384 g/mol. The number of nitrogens with zero attached hydrogens (tertiary/aromatic N) is 2. The molecule has 4 aliphatic rings. The third kappa shape index (κ3) is 3.15. The van der Waals surface area contributed by atoms with Gasteiger partial charge in [0.15, 0.2) is 0 Å². The van der Waals surface area contributed by atoms with E-state index in [-0.39, 0.29) is 10.8 Å². The highest BCUT2D eigenvalue weighted by atomic mass is 16.2. The molecule has 1 aromatic rings. The smallest absolute Gasteiger partial charge is 0.222 e. The maximum atomic E-state index is 12.4. The summed E-state index contributed by atoms with van der Waals surface area (Å²) >= 11 is 0. The topological polar surface area (TPSA) is 40.6 Å². The Kier molecular flexibility index (Phi) is 5.18. The number of hydrogen-bond donors (Lipinski definition) is 0. The molecule has 0 radical (unpaired) electrons. The monoisotopic (exact) mass is 422 g/mol. The van der Waals surface area contributed by atoms with Crippen LogP contribution in [0, 0.1) is 28.6 Å². The van der Waals surface area contributed by atoms with Crippen molar-refractivity contribution < 1.29 is 9.59 Å². The number of carbonyl (C=O) groups excluding carboxylic acids is 2. The number of likely N-dealkylation sites (tertiary alicyclic amines) is 1. The number of fused-ring (bicyclic) bond motifs is 5. The van der Waals surface area contributed by atoms with E-state index in [0.717, 1.165) is 44.1 Å². The minimum Gasteiger partial charge on any atom is -0.342 e. The molecule has 5 rings (SSSR count). The van der Waals surface area contributed by atoms with Crippen LogP contribution in [0.4, 0.5) is 0 Å². The van der Waals surface area contributed by atoms with Gasteiger partial charge in [0.2, 0.25) is 12.3 Å². The second-order valence-electron chi connectivity index (χ2n) is 11.4. The second-order valence-corrected chi connectivity index (χ2v) is 11.4. The Bertz CT molecular complexity index is 841. The Balaban J connectivity index is 1.38. The molecule has 4 fully saturated rings. The number of hydrogen-bond acceptors (Lipinski definition) is 2. The molecule has 0 N–H and O–H groups in total. The first-order valence-electron chi connectivity index (χ1n) is 12.4. The summed E-state index contributed by atoms with van der Waals surface area (Å²) in [5.41, 5.74) is 1.70. The first-order valence-corrected chi connectivity index (χ1v) is 12.4. The van der Waals surface area contributed by atoms with Gasteiger partial charge in [0, 0.05) is 32.1 Å². The molecule has 31 heavy (non-hydrogen) atoms. The van der Waals surface area contributed by atoms with Crippen LogP contribution in [0.3, 0.4) is 0 Å². The van der Waals surface area contributed by atoms with Crippen molar-refractivity contribution in [1.29, 1.82) is 0 Å². The molecule has 1 saturated heterocycles. The summed E-state index contributed by atoms with van der Waals surface area (Å²) in [4.78, 5) is 28.8. The molecular formula is C27H38N2O2. The Labute approximate surface area is 187 Å². The Morgan fingerprint density at radius 1 is 1.00 bits per heavy atom. The predicted molar refractivity (Wildman–Crippen MR) is 122 cm³/mol. The largest absolute Gasteiger partial charge is 0.342 e. The molecule has 4 heteroatoms. The van der Waals surface area contributed by atoms with Crippen molar-refractivity contribution in [3.8, 4) is 0 Å². The maximum absolute atomic E-state index is 12.4. The summed E-state index contributed by atoms with van der Waals surface area (Å²) in [6, 6.07) is 11.2. The summed E-state index contributed by atoms with van der Waals surface area (Å²) in [7, 11) is 2.04. The third-order valence-corrected chi connectivity index (χ3v) is 10.3. The molecule has 0 spiro atoms. The van der Waals surface area contributed by atoms with Gasteiger partial charge in [-0.2, -0.15) is 0 Å². The van der Waals surface area contributed by atoms with E-state index in [1.165, 1.54) is 31.2 Å². The van der Waals surface area contributed by atoms with E-state index in [2.05, 4.69) is 47.9 Å². The van der Waals surface area contributed by atoms with E-state index in [9.17, 15) is 9.59 Å². The summed E-state index contributed by atoms with van der Waals surface area (Å²) < 4.78 is 0. The second kappa shape index (κ2) is 7.64. The minimum atomic E-state index is 0.219. The number of rotatable bonds is 4. The number of carbonyl (C=O) groups is 2. The van der Waals surface area contributed by atoms with Gasteiger partial charge in [0.1, 0.15) is 0 Å². The summed E-state index contributed by atoms with van der Waals surface area (Å²) in [5, 5.41) is 0. The maximum Gasteiger partial charge on any atom is 0.222 e. The highest BCUT2D eigenvalue weighted by Gasteiger charge is 2.61. The lowest BCUT2D eigenvalue weighted by molar-refractivity contribution is -0.159. The molecule has 0 bridgehead atoms. The summed E-state index contributed by atoms with van der Waals surface area (Å²) in [6.07, 6.45) is 10.1. The van der Waals surface area contributed by atoms with Crippen LogP contribution in [0.2, 0.25) is 0 Å². The van der Waals surface area contributed by atoms with Crippen molar-refractivity contribution in [2.45, 2.75) is 83.8 Å². The first-order chi connectivity index (χ1) is 14.9. The number of benzene rings is 1. The molecule has 7 atom stereocenters. The van der Waals surface area contributed by atoms with E-state index < -0.39 is 0 Å². The van der Waals surface area contributed by atoms with Gasteiger partial charge in [-0.1, -0.05) is 44.2 Å². The van der Waals surface area contributed by atoms with Crippen LogP contribution in [-0.4, -0.2) is 41.2 Å². The Morgan fingerprint density at radius 2 is 1.74 bits per heavy atom. The number of piperidine rings is 1. The highest BCUT2D eigenvalue weighted by molar-refractivity contribution is 5.77. The van der Waals surface area contributed by atoms with Gasteiger partial charge >= 0.3 is 0 Å². The van der Waals surface area contributed by atoms with Crippen LogP contribution in [-0.2, 0) is 16.1 Å². The van der Waals surface area contributed by atoms with Crippen LogP contribution in [0.5, 0.6) is 0 Å². The molecule has 168 valence electrons. The first kappa shape index (κ1) is 21.0. The van der Waals surface area contributed by atoms with E-state index in [4.69, 9.17) is 0 Å². The standard InChI is InChI=1S/C27H38N2O2/c1-26-16-14-25(31)28(3)23(26)11-9-20-21-10-12-24(27(21,2)15-13-22(20)26)29(18-30)17-19-7-5-4-6-8-19/h4-8,18,20-24H,9-17H2,1-3H3/t20-,21-,22-,23+,24-,26+,27-/m0/s1. The van der Waals surface area contributed by atoms with Crippen molar-refractivity contribution in [1.82, 2.24) is 9.80 Å². The van der Waals surface area contributed by atoms with Gasteiger partial charge in [-0.15, -0.1) is 0 Å². The molecule has 1 aromatic carbocycles. The van der Waals surface area contributed by atoms with Gasteiger partial charge in [0.05, 0.1) is 0 Å². The van der Waals surface area contributed by atoms with E-state index in [1.807, 2.05) is 13.1 Å². The molecule has 2 amide bonds. The van der Waals surface area contributed by atoms with Crippen LogP contribution >= 0.6 is 0 Å². The molecule has 3 aliphatic carbocycles. The highest BCUT2D eigenvalue weighted by Crippen LogP contribution is 2.65. The van der Waals surface area contributed by atoms with E-state index in [1.54, 1.807) is 0 Å². The molecule has 0 aromatic heterocycles. The quantitative estimate of drug-likeness (QED) is 0.649. The summed E-state index contributed by atoms with van der Waals surface area (Å²) in [6.45, 7) is 5.69. The van der Waals surface area contributed by atoms with Crippen LogP contribution in [0.25, 0.3) is 0 Å². The zero-order valence-electron chi connectivity index (χ0n) is 19.4. The number of amides is 2. The molecule has 1 heterocycles. The zero-order valence-corrected chi connectivity index (χ0v) is 19.4.